The molecule has 0 saturated heterocycles. The normalized spacial score (nSPS) is 12.7. The van der Waals surface area contributed by atoms with Crippen molar-refractivity contribution in [2.24, 2.45) is 0 Å². The minimum Gasteiger partial charge on any atom is -0.315 e. The first-order valence-corrected chi connectivity index (χ1v) is 7.02. The van der Waals surface area contributed by atoms with Crippen LogP contribution in [0.4, 0.5) is 0 Å². The summed E-state index contributed by atoms with van der Waals surface area (Å²) in [6.45, 7) is 8.56. The number of unbranched alkanes of at least 4 members (excludes halogenated alkanes) is 1. The lowest BCUT2D eigenvalue weighted by Gasteiger charge is -2.09. The van der Waals surface area contributed by atoms with Crippen LogP contribution >= 0.6 is 0 Å². The average molecular weight is 221 g/mol. The average Bonchev–Trinajstić information content (AvgIpc) is 2.02. The van der Waals surface area contributed by atoms with Crippen LogP contribution in [-0.4, -0.2) is 32.0 Å². The Morgan fingerprint density at radius 2 is 1.64 bits per heavy atom. The zero-order valence-electron chi connectivity index (χ0n) is 9.71. The van der Waals surface area contributed by atoms with E-state index in [1.54, 1.807) is 13.8 Å². The largest absolute Gasteiger partial charge is 0.315 e. The van der Waals surface area contributed by atoms with Gasteiger partial charge in [-0.25, -0.2) is 8.42 Å². The van der Waals surface area contributed by atoms with E-state index < -0.39 is 9.84 Å². The Hall–Kier alpha value is -0.0900. The molecular weight excluding hydrogens is 198 g/mol. The van der Waals surface area contributed by atoms with Crippen LogP contribution in [0, 0.1) is 0 Å². The molecule has 0 atom stereocenters. The predicted octanol–water partition coefficient (Wildman–Crippen LogP) is 1.59. The van der Waals surface area contributed by atoms with E-state index >= 15 is 0 Å². The highest BCUT2D eigenvalue weighted by molar-refractivity contribution is 7.91. The van der Waals surface area contributed by atoms with Crippen molar-refractivity contribution < 1.29 is 8.42 Å². The summed E-state index contributed by atoms with van der Waals surface area (Å²) in [7, 11) is -2.83. The van der Waals surface area contributed by atoms with Gasteiger partial charge in [0.1, 0.15) is 0 Å². The monoisotopic (exact) mass is 221 g/mol. The van der Waals surface area contributed by atoms with Crippen LogP contribution in [0.5, 0.6) is 0 Å². The fourth-order valence-electron chi connectivity index (χ4n) is 1.05. The first kappa shape index (κ1) is 13.9. The fraction of sp³-hybridized carbons (Fsp3) is 1.00. The molecule has 0 aliphatic heterocycles. The summed E-state index contributed by atoms with van der Waals surface area (Å²) in [5.74, 6) is 0.324. The lowest BCUT2D eigenvalue weighted by atomic mass is 10.3. The van der Waals surface area contributed by atoms with Crippen LogP contribution in [0.15, 0.2) is 0 Å². The Kier molecular flexibility index (Phi) is 6.36. The summed E-state index contributed by atoms with van der Waals surface area (Å²) in [6, 6.07) is 0.483. The molecule has 0 aromatic rings. The van der Waals surface area contributed by atoms with Gasteiger partial charge in [-0.3, -0.25) is 0 Å². The van der Waals surface area contributed by atoms with E-state index in [0.29, 0.717) is 11.8 Å². The molecule has 0 aliphatic carbocycles. The molecule has 0 bridgehead atoms. The molecular formula is C10H23NO2S. The highest BCUT2D eigenvalue weighted by Gasteiger charge is 2.14. The van der Waals surface area contributed by atoms with Gasteiger partial charge in [0.05, 0.1) is 11.0 Å². The number of hydrogen-bond donors (Lipinski definition) is 1. The lowest BCUT2D eigenvalue weighted by molar-refractivity contribution is 0.557. The molecule has 0 saturated carbocycles. The van der Waals surface area contributed by atoms with E-state index in [2.05, 4.69) is 19.2 Å². The van der Waals surface area contributed by atoms with E-state index in [1.807, 2.05) is 0 Å². The predicted molar refractivity (Wildman–Crippen MR) is 61.3 cm³/mol. The van der Waals surface area contributed by atoms with Crippen molar-refractivity contribution in [3.8, 4) is 0 Å². The van der Waals surface area contributed by atoms with Crippen molar-refractivity contribution in [1.82, 2.24) is 5.32 Å². The van der Waals surface area contributed by atoms with E-state index in [9.17, 15) is 8.42 Å². The third kappa shape index (κ3) is 6.38. The van der Waals surface area contributed by atoms with Gasteiger partial charge in [-0.15, -0.1) is 0 Å². The van der Waals surface area contributed by atoms with Crippen molar-refractivity contribution >= 4 is 9.84 Å². The Labute approximate surface area is 88.2 Å². The molecule has 0 amide bonds. The molecule has 86 valence electrons. The van der Waals surface area contributed by atoms with Crippen molar-refractivity contribution in [1.29, 1.82) is 0 Å². The third-order valence-corrected chi connectivity index (χ3v) is 4.42. The summed E-state index contributed by atoms with van der Waals surface area (Å²) in [5.41, 5.74) is 0. The van der Waals surface area contributed by atoms with Gasteiger partial charge in [0.25, 0.3) is 0 Å². The molecule has 0 fully saturated rings. The lowest BCUT2D eigenvalue weighted by Crippen LogP contribution is -2.24. The SMILES string of the molecule is CC(C)NCCCCS(=O)(=O)C(C)C. The second-order valence-electron chi connectivity index (χ2n) is 4.23. The molecule has 0 rings (SSSR count). The fourth-order valence-corrected chi connectivity index (χ4v) is 2.13. The molecule has 3 nitrogen and oxygen atoms in total. The summed E-state index contributed by atoms with van der Waals surface area (Å²) >= 11 is 0. The minimum atomic E-state index is -2.83. The number of nitrogens with one attached hydrogen (secondary N) is 1. The highest BCUT2D eigenvalue weighted by Crippen LogP contribution is 2.03. The quantitative estimate of drug-likeness (QED) is 0.664. The van der Waals surface area contributed by atoms with Crippen molar-refractivity contribution in [2.45, 2.75) is 51.8 Å². The summed E-state index contributed by atoms with van der Waals surface area (Å²) in [4.78, 5) is 0. The summed E-state index contributed by atoms with van der Waals surface area (Å²) < 4.78 is 22.8. The Bertz CT molecular complexity index is 233. The molecule has 0 aliphatic rings. The van der Waals surface area contributed by atoms with Crippen LogP contribution < -0.4 is 5.32 Å². The standard InChI is InChI=1S/C10H23NO2S/c1-9(2)11-7-5-6-8-14(12,13)10(3)4/h9-11H,5-8H2,1-4H3. The maximum atomic E-state index is 11.4. The topological polar surface area (TPSA) is 46.2 Å². The molecule has 1 N–H and O–H groups in total. The molecule has 0 aromatic heterocycles. The number of hydrogen-bond acceptors (Lipinski definition) is 3. The molecule has 0 radical (unpaired) electrons. The molecule has 14 heavy (non-hydrogen) atoms. The zero-order valence-corrected chi connectivity index (χ0v) is 10.5. The van der Waals surface area contributed by atoms with Crippen LogP contribution in [-0.2, 0) is 9.84 Å². The van der Waals surface area contributed by atoms with Crippen LogP contribution in [0.25, 0.3) is 0 Å². The van der Waals surface area contributed by atoms with E-state index in [0.717, 1.165) is 19.4 Å². The van der Waals surface area contributed by atoms with Gasteiger partial charge >= 0.3 is 0 Å². The van der Waals surface area contributed by atoms with Gasteiger partial charge in [-0.05, 0) is 33.2 Å². The molecule has 4 heteroatoms. The second kappa shape index (κ2) is 6.40. The molecule has 0 aromatic carbocycles. The van der Waals surface area contributed by atoms with E-state index in [1.165, 1.54) is 0 Å². The first-order chi connectivity index (χ1) is 6.36. The number of sulfone groups is 1. The second-order valence-corrected chi connectivity index (χ2v) is 6.91. The van der Waals surface area contributed by atoms with Crippen molar-refractivity contribution in [3.05, 3.63) is 0 Å². The maximum Gasteiger partial charge on any atom is 0.152 e. The highest BCUT2D eigenvalue weighted by atomic mass is 32.2. The maximum absolute atomic E-state index is 11.4. The Morgan fingerprint density at radius 1 is 1.07 bits per heavy atom. The number of rotatable bonds is 7. The van der Waals surface area contributed by atoms with Gasteiger partial charge in [-0.2, -0.15) is 0 Å². The van der Waals surface area contributed by atoms with Crippen LogP contribution in [0.2, 0.25) is 0 Å². The summed E-state index contributed by atoms with van der Waals surface area (Å²) in [5, 5.41) is 3.03. The molecule has 0 spiro atoms. The van der Waals surface area contributed by atoms with Gasteiger partial charge in [-0.1, -0.05) is 13.8 Å². The van der Waals surface area contributed by atoms with Gasteiger partial charge < -0.3 is 5.32 Å². The Balaban J connectivity index is 3.55. The van der Waals surface area contributed by atoms with Crippen LogP contribution in [0.1, 0.15) is 40.5 Å². The first-order valence-electron chi connectivity index (χ1n) is 5.31. The zero-order chi connectivity index (χ0) is 11.2. The van der Waals surface area contributed by atoms with Gasteiger partial charge in [0, 0.05) is 6.04 Å². The van der Waals surface area contributed by atoms with Crippen molar-refractivity contribution in [3.63, 3.8) is 0 Å². The van der Waals surface area contributed by atoms with Crippen molar-refractivity contribution in [2.75, 3.05) is 12.3 Å². The third-order valence-electron chi connectivity index (χ3n) is 2.13. The van der Waals surface area contributed by atoms with Gasteiger partial charge in [0.15, 0.2) is 9.84 Å². The smallest absolute Gasteiger partial charge is 0.152 e. The van der Waals surface area contributed by atoms with Gasteiger partial charge in [0.2, 0.25) is 0 Å². The minimum absolute atomic E-state index is 0.236. The molecule has 0 heterocycles. The summed E-state index contributed by atoms with van der Waals surface area (Å²) in [6.07, 6.45) is 1.70. The van der Waals surface area contributed by atoms with Crippen LogP contribution in [0.3, 0.4) is 0 Å². The molecule has 0 unspecified atom stereocenters. The van der Waals surface area contributed by atoms with E-state index in [4.69, 9.17) is 0 Å². The van der Waals surface area contributed by atoms with E-state index in [-0.39, 0.29) is 5.25 Å². The Morgan fingerprint density at radius 3 is 2.07 bits per heavy atom.